The van der Waals surface area contributed by atoms with E-state index in [0.717, 1.165) is 31.5 Å². The van der Waals surface area contributed by atoms with Gasteiger partial charge in [0.2, 0.25) is 11.9 Å². The van der Waals surface area contributed by atoms with Crippen LogP contribution in [0.15, 0.2) is 12.4 Å². The Bertz CT molecular complexity index is 619. The summed E-state index contributed by atoms with van der Waals surface area (Å²) >= 11 is 0. The maximum Gasteiger partial charge on any atom is 0.498 e. The molecule has 0 bridgehead atoms. The van der Waals surface area contributed by atoms with Crippen LogP contribution >= 0.6 is 0 Å². The second-order valence-electron chi connectivity index (χ2n) is 7.93. The fourth-order valence-electron chi connectivity index (χ4n) is 3.05. The maximum absolute atomic E-state index is 11.4. The molecule has 1 aromatic heterocycles. The van der Waals surface area contributed by atoms with E-state index in [2.05, 4.69) is 15.3 Å². The molecule has 25 heavy (non-hydrogen) atoms. The van der Waals surface area contributed by atoms with E-state index in [4.69, 9.17) is 9.31 Å². The number of nitrogens with one attached hydrogen (secondary N) is 1. The number of anilines is 1. The van der Waals surface area contributed by atoms with Crippen molar-refractivity contribution in [3.8, 4) is 0 Å². The van der Waals surface area contributed by atoms with Crippen LogP contribution in [0.2, 0.25) is 0 Å². The van der Waals surface area contributed by atoms with Gasteiger partial charge in [0, 0.05) is 44.4 Å². The molecule has 2 fully saturated rings. The first-order chi connectivity index (χ1) is 11.7. The predicted molar refractivity (Wildman–Crippen MR) is 96.6 cm³/mol. The summed E-state index contributed by atoms with van der Waals surface area (Å²) < 4.78 is 12.0. The van der Waals surface area contributed by atoms with Crippen LogP contribution < -0.4 is 10.8 Å². The van der Waals surface area contributed by atoms with Crippen molar-refractivity contribution in [3.05, 3.63) is 12.4 Å². The summed E-state index contributed by atoms with van der Waals surface area (Å²) in [6.07, 6.45) is 4.50. The highest BCUT2D eigenvalue weighted by Crippen LogP contribution is 2.36. The van der Waals surface area contributed by atoms with E-state index in [0.29, 0.717) is 11.9 Å². The molecule has 1 N–H and O–H groups in total. The summed E-state index contributed by atoms with van der Waals surface area (Å²) in [5.74, 6) is 1.17. The highest BCUT2D eigenvalue weighted by Gasteiger charge is 2.51. The molecule has 2 saturated heterocycles. The number of nitrogens with zero attached hydrogens (tertiary/aromatic N) is 3. The van der Waals surface area contributed by atoms with E-state index >= 15 is 0 Å². The monoisotopic (exact) mass is 346 g/mol. The second kappa shape index (κ2) is 6.57. The molecule has 0 spiro atoms. The molecule has 0 radical (unpaired) electrons. The number of carbonyl (C=O) groups excluding carboxylic acids is 1. The lowest BCUT2D eigenvalue weighted by Crippen LogP contribution is -2.41. The van der Waals surface area contributed by atoms with Crippen molar-refractivity contribution in [3.63, 3.8) is 0 Å². The third-order valence-electron chi connectivity index (χ3n) is 5.48. The Morgan fingerprint density at radius 2 is 1.88 bits per heavy atom. The molecule has 8 heteroatoms. The van der Waals surface area contributed by atoms with E-state index in [1.165, 1.54) is 0 Å². The molecule has 2 aliphatic rings. The van der Waals surface area contributed by atoms with E-state index < -0.39 is 7.12 Å². The van der Waals surface area contributed by atoms with Crippen LogP contribution in [-0.4, -0.2) is 58.7 Å². The third-order valence-corrected chi connectivity index (χ3v) is 5.48. The van der Waals surface area contributed by atoms with Gasteiger partial charge in [-0.25, -0.2) is 9.97 Å². The molecule has 1 atom stereocenters. The second-order valence-corrected chi connectivity index (χ2v) is 7.93. The fraction of sp³-hybridized carbons (Fsp3) is 0.706. The molecular weight excluding hydrogens is 319 g/mol. The molecule has 0 saturated carbocycles. The number of likely N-dealkylation sites (tertiary alicyclic amines) is 1. The molecule has 136 valence electrons. The van der Waals surface area contributed by atoms with Crippen LogP contribution in [0.25, 0.3) is 0 Å². The van der Waals surface area contributed by atoms with E-state index in [-0.39, 0.29) is 17.1 Å². The fourth-order valence-corrected chi connectivity index (χ4v) is 3.05. The van der Waals surface area contributed by atoms with Crippen molar-refractivity contribution in [2.24, 2.45) is 5.92 Å². The van der Waals surface area contributed by atoms with Gasteiger partial charge in [-0.2, -0.15) is 0 Å². The number of rotatable bonds is 4. The normalized spacial score (nSPS) is 24.6. The van der Waals surface area contributed by atoms with Crippen LogP contribution in [0.5, 0.6) is 0 Å². The van der Waals surface area contributed by atoms with Crippen molar-refractivity contribution in [2.45, 2.75) is 52.2 Å². The minimum absolute atomic E-state index is 0.144. The minimum Gasteiger partial charge on any atom is -0.399 e. The largest absolute Gasteiger partial charge is 0.498 e. The Kier molecular flexibility index (Phi) is 4.77. The molecule has 7 nitrogen and oxygen atoms in total. The molecule has 3 rings (SSSR count). The van der Waals surface area contributed by atoms with Crippen molar-refractivity contribution in [2.75, 3.05) is 25.0 Å². The standard InChI is InChI=1S/C17H27BN4O3/c1-12(23)22-7-6-13(11-22)8-19-15-20-9-14(10-21-15)18-24-16(2,3)17(4,5)25-18/h9-10,13H,6-8,11H2,1-5H3,(H,19,20,21). The van der Waals surface area contributed by atoms with Crippen LogP contribution in [0, 0.1) is 5.92 Å². The zero-order valence-electron chi connectivity index (χ0n) is 15.7. The summed E-state index contributed by atoms with van der Waals surface area (Å²) in [4.78, 5) is 22.0. The van der Waals surface area contributed by atoms with Gasteiger partial charge < -0.3 is 19.5 Å². The summed E-state index contributed by atoms with van der Waals surface area (Å²) in [5.41, 5.74) is 0.0621. The van der Waals surface area contributed by atoms with Crippen molar-refractivity contribution in [1.82, 2.24) is 14.9 Å². The zero-order chi connectivity index (χ0) is 18.2. The van der Waals surface area contributed by atoms with Crippen molar-refractivity contribution >= 4 is 24.4 Å². The lowest BCUT2D eigenvalue weighted by atomic mass is 9.81. The molecule has 1 amide bonds. The molecule has 0 aliphatic carbocycles. The predicted octanol–water partition coefficient (Wildman–Crippen LogP) is 1.06. The first kappa shape index (κ1) is 18.1. The van der Waals surface area contributed by atoms with E-state index in [1.54, 1.807) is 19.3 Å². The third kappa shape index (κ3) is 3.79. The maximum atomic E-state index is 11.4. The van der Waals surface area contributed by atoms with Gasteiger partial charge in [0.1, 0.15) is 0 Å². The quantitative estimate of drug-likeness (QED) is 0.822. The van der Waals surface area contributed by atoms with Gasteiger partial charge in [-0.05, 0) is 40.0 Å². The van der Waals surface area contributed by atoms with Crippen molar-refractivity contribution in [1.29, 1.82) is 0 Å². The number of amides is 1. The first-order valence-corrected chi connectivity index (χ1v) is 8.85. The van der Waals surface area contributed by atoms with Gasteiger partial charge in [-0.1, -0.05) is 0 Å². The van der Waals surface area contributed by atoms with Gasteiger partial charge in [0.15, 0.2) is 0 Å². The van der Waals surface area contributed by atoms with Gasteiger partial charge in [-0.3, -0.25) is 4.79 Å². The minimum atomic E-state index is -0.446. The summed E-state index contributed by atoms with van der Waals surface area (Å²) in [5, 5.41) is 3.25. The zero-order valence-corrected chi connectivity index (χ0v) is 15.7. The highest BCUT2D eigenvalue weighted by molar-refractivity contribution is 6.61. The molecule has 3 heterocycles. The lowest BCUT2D eigenvalue weighted by molar-refractivity contribution is -0.127. The lowest BCUT2D eigenvalue weighted by Gasteiger charge is -2.32. The highest BCUT2D eigenvalue weighted by atomic mass is 16.7. The Labute approximate surface area is 149 Å². The average molecular weight is 346 g/mol. The van der Waals surface area contributed by atoms with E-state index in [1.807, 2.05) is 32.6 Å². The summed E-state index contributed by atoms with van der Waals surface area (Å²) in [6, 6.07) is 0. The first-order valence-electron chi connectivity index (χ1n) is 8.85. The Balaban J connectivity index is 1.54. The number of carbonyl (C=O) groups is 1. The van der Waals surface area contributed by atoms with Crippen LogP contribution in [-0.2, 0) is 14.1 Å². The molecule has 1 unspecified atom stereocenters. The Hall–Kier alpha value is -1.67. The van der Waals surface area contributed by atoms with Crippen molar-refractivity contribution < 1.29 is 14.1 Å². The van der Waals surface area contributed by atoms with Crippen LogP contribution in [0.1, 0.15) is 41.0 Å². The van der Waals surface area contributed by atoms with E-state index in [9.17, 15) is 4.79 Å². The SMILES string of the molecule is CC(=O)N1CCC(CNc2ncc(B3OC(C)(C)C(C)(C)O3)cn2)C1. The Morgan fingerprint density at radius 1 is 1.28 bits per heavy atom. The number of hydrogen-bond donors (Lipinski definition) is 1. The van der Waals surface area contributed by atoms with Gasteiger partial charge in [0.05, 0.1) is 11.2 Å². The summed E-state index contributed by atoms with van der Waals surface area (Å²) in [7, 11) is -0.446. The van der Waals surface area contributed by atoms with Gasteiger partial charge in [-0.15, -0.1) is 0 Å². The number of aromatic nitrogens is 2. The number of hydrogen-bond acceptors (Lipinski definition) is 6. The smallest absolute Gasteiger partial charge is 0.399 e. The van der Waals surface area contributed by atoms with Gasteiger partial charge in [0.25, 0.3) is 0 Å². The molecule has 2 aliphatic heterocycles. The molecule has 0 aromatic carbocycles. The topological polar surface area (TPSA) is 76.6 Å². The molecule has 1 aromatic rings. The summed E-state index contributed by atoms with van der Waals surface area (Å²) in [6.45, 7) is 12.1. The molecular formula is C17H27BN4O3. The van der Waals surface area contributed by atoms with Gasteiger partial charge >= 0.3 is 7.12 Å². The van der Waals surface area contributed by atoms with Crippen LogP contribution in [0.3, 0.4) is 0 Å². The Morgan fingerprint density at radius 3 is 2.40 bits per heavy atom. The van der Waals surface area contributed by atoms with Crippen LogP contribution in [0.4, 0.5) is 5.95 Å². The average Bonchev–Trinajstić information content (AvgIpc) is 3.09.